The van der Waals surface area contributed by atoms with Crippen LogP contribution in [0.25, 0.3) is 45.8 Å². The van der Waals surface area contributed by atoms with Gasteiger partial charge >= 0.3 is 0 Å². The zero-order chi connectivity index (χ0) is 20.2. The maximum absolute atomic E-state index is 2.28. The molecule has 0 aliphatic heterocycles. The molecule has 0 heterocycles. The minimum absolute atomic E-state index is 1.20. The van der Waals surface area contributed by atoms with E-state index < -0.39 is 0 Å². The normalized spacial score (nSPS) is 11.7. The molecule has 5 aromatic carbocycles. The predicted molar refractivity (Wildman–Crippen MR) is 132 cm³/mol. The summed E-state index contributed by atoms with van der Waals surface area (Å²) >= 11 is 0. The van der Waals surface area contributed by atoms with E-state index in [0.717, 1.165) is 0 Å². The van der Waals surface area contributed by atoms with Gasteiger partial charge in [0.05, 0.1) is 0 Å². The Kier molecular flexibility index (Phi) is 4.98. The molecule has 0 N–H and O–H groups in total. The minimum Gasteiger partial charge on any atom is -0.0622 e. The zero-order valence-electron chi connectivity index (χ0n) is 16.7. The lowest BCUT2D eigenvalue weighted by Gasteiger charge is -2.09. The summed E-state index contributed by atoms with van der Waals surface area (Å²) in [7, 11) is 0. The second kappa shape index (κ2) is 8.23. The summed E-state index contributed by atoms with van der Waals surface area (Å²) in [6, 6.07) is 38.5. The molecule has 142 valence electrons. The van der Waals surface area contributed by atoms with Crippen LogP contribution in [-0.4, -0.2) is 0 Å². The van der Waals surface area contributed by atoms with Crippen molar-refractivity contribution in [3.05, 3.63) is 131 Å². The highest BCUT2D eigenvalue weighted by atomic mass is 14.1. The molecule has 0 nitrogen and oxygen atoms in total. The van der Waals surface area contributed by atoms with Gasteiger partial charge in [-0.2, -0.15) is 0 Å². The Morgan fingerprint density at radius 1 is 0.400 bits per heavy atom. The highest BCUT2D eigenvalue weighted by molar-refractivity contribution is 6.08. The van der Waals surface area contributed by atoms with E-state index in [1.807, 2.05) is 6.07 Å². The second-order valence-corrected chi connectivity index (χ2v) is 7.44. The van der Waals surface area contributed by atoms with Crippen molar-refractivity contribution in [2.24, 2.45) is 0 Å². The quantitative estimate of drug-likeness (QED) is 0.216. The lowest BCUT2D eigenvalue weighted by Crippen LogP contribution is -1.84. The average molecular weight is 383 g/mol. The Balaban J connectivity index is 1.59. The number of rotatable bonds is 4. The van der Waals surface area contributed by atoms with Gasteiger partial charge in [0.2, 0.25) is 0 Å². The summed E-state index contributed by atoms with van der Waals surface area (Å²) in [6.07, 6.45) is 8.86. The summed E-state index contributed by atoms with van der Waals surface area (Å²) in [5.74, 6) is 0. The van der Waals surface area contributed by atoms with Gasteiger partial charge in [-0.15, -0.1) is 0 Å². The fourth-order valence-corrected chi connectivity index (χ4v) is 3.97. The minimum atomic E-state index is 1.20. The van der Waals surface area contributed by atoms with Crippen molar-refractivity contribution in [2.75, 3.05) is 0 Å². The van der Waals surface area contributed by atoms with E-state index in [2.05, 4.69) is 127 Å². The maximum atomic E-state index is 2.28. The van der Waals surface area contributed by atoms with Gasteiger partial charge in [-0.3, -0.25) is 0 Å². The predicted octanol–water partition coefficient (Wildman–Crippen LogP) is 8.33. The molecule has 0 spiro atoms. The van der Waals surface area contributed by atoms with Crippen LogP contribution in [0.4, 0.5) is 0 Å². The number of hydrogen-bond acceptors (Lipinski definition) is 0. The molecule has 0 aliphatic rings. The van der Waals surface area contributed by atoms with E-state index in [1.165, 1.54) is 43.8 Å². The van der Waals surface area contributed by atoms with E-state index in [9.17, 15) is 0 Å². The standard InChI is InChI=1S/C30H22/c1-2-10-23(11-3-1)18-19-24-12-4-5-13-25(24)20-21-30-28-16-8-6-14-26(28)22-27-15-7-9-17-29(27)30/h1-22H/b19-18+,21-20+. The first-order valence-electron chi connectivity index (χ1n) is 10.3. The van der Waals surface area contributed by atoms with Gasteiger partial charge in [-0.05, 0) is 49.9 Å². The molecule has 0 unspecified atom stereocenters. The van der Waals surface area contributed by atoms with Gasteiger partial charge in [0.25, 0.3) is 0 Å². The first-order valence-corrected chi connectivity index (χ1v) is 10.3. The third kappa shape index (κ3) is 3.68. The van der Waals surface area contributed by atoms with E-state index in [-0.39, 0.29) is 0 Å². The molecule has 0 radical (unpaired) electrons. The van der Waals surface area contributed by atoms with Crippen LogP contribution in [0, 0.1) is 0 Å². The molecule has 0 atom stereocenters. The van der Waals surface area contributed by atoms with Gasteiger partial charge in [0.1, 0.15) is 0 Å². The van der Waals surface area contributed by atoms with E-state index in [0.29, 0.717) is 0 Å². The Labute approximate surface area is 177 Å². The Morgan fingerprint density at radius 3 is 1.53 bits per heavy atom. The van der Waals surface area contributed by atoms with Gasteiger partial charge < -0.3 is 0 Å². The van der Waals surface area contributed by atoms with Crippen LogP contribution in [0.15, 0.2) is 109 Å². The molecule has 0 bridgehead atoms. The molecule has 0 heteroatoms. The van der Waals surface area contributed by atoms with Gasteiger partial charge in [-0.25, -0.2) is 0 Å². The van der Waals surface area contributed by atoms with Crippen molar-refractivity contribution in [1.82, 2.24) is 0 Å². The summed E-state index contributed by atoms with van der Waals surface area (Å²) in [6.45, 7) is 0. The Morgan fingerprint density at radius 2 is 0.900 bits per heavy atom. The topological polar surface area (TPSA) is 0 Å². The monoisotopic (exact) mass is 382 g/mol. The summed E-state index contributed by atoms with van der Waals surface area (Å²) in [5.41, 5.74) is 4.89. The maximum Gasteiger partial charge on any atom is -0.00992 e. The molecular formula is C30H22. The second-order valence-electron chi connectivity index (χ2n) is 7.44. The fourth-order valence-electron chi connectivity index (χ4n) is 3.97. The molecular weight excluding hydrogens is 360 g/mol. The Bertz CT molecular complexity index is 1320. The van der Waals surface area contributed by atoms with Crippen LogP contribution in [0.1, 0.15) is 22.3 Å². The lowest BCUT2D eigenvalue weighted by atomic mass is 9.95. The molecule has 30 heavy (non-hydrogen) atoms. The van der Waals surface area contributed by atoms with Crippen molar-refractivity contribution in [3.8, 4) is 0 Å². The molecule has 0 fully saturated rings. The third-order valence-corrected chi connectivity index (χ3v) is 5.49. The largest absolute Gasteiger partial charge is 0.0622 e. The summed E-state index contributed by atoms with van der Waals surface area (Å²) < 4.78 is 0. The zero-order valence-corrected chi connectivity index (χ0v) is 16.7. The molecule has 0 aromatic heterocycles. The van der Waals surface area contributed by atoms with Crippen molar-refractivity contribution in [2.45, 2.75) is 0 Å². The smallest absolute Gasteiger partial charge is 0.00992 e. The highest BCUT2D eigenvalue weighted by Crippen LogP contribution is 2.30. The van der Waals surface area contributed by atoms with Crippen LogP contribution in [0.2, 0.25) is 0 Å². The van der Waals surface area contributed by atoms with Gasteiger partial charge in [0, 0.05) is 0 Å². The first kappa shape index (κ1) is 18.1. The third-order valence-electron chi connectivity index (χ3n) is 5.49. The van der Waals surface area contributed by atoms with Gasteiger partial charge in [-0.1, -0.05) is 127 Å². The molecule has 0 aliphatic carbocycles. The van der Waals surface area contributed by atoms with Crippen molar-refractivity contribution >= 4 is 45.8 Å². The van der Waals surface area contributed by atoms with Crippen LogP contribution >= 0.6 is 0 Å². The van der Waals surface area contributed by atoms with Crippen molar-refractivity contribution < 1.29 is 0 Å². The number of benzene rings is 5. The van der Waals surface area contributed by atoms with E-state index >= 15 is 0 Å². The molecule has 5 rings (SSSR count). The van der Waals surface area contributed by atoms with Crippen LogP contribution in [0.5, 0.6) is 0 Å². The Hall–Kier alpha value is -3.90. The van der Waals surface area contributed by atoms with E-state index in [4.69, 9.17) is 0 Å². The van der Waals surface area contributed by atoms with Gasteiger partial charge in [0.15, 0.2) is 0 Å². The SMILES string of the molecule is C(=C\c1ccccc1/C=C/c1c2ccccc2cc2ccccc12)/c1ccccc1. The molecule has 5 aromatic rings. The number of fused-ring (bicyclic) bond motifs is 2. The average Bonchev–Trinajstić information content (AvgIpc) is 2.81. The fraction of sp³-hybridized carbons (Fsp3) is 0. The molecule has 0 amide bonds. The van der Waals surface area contributed by atoms with Crippen LogP contribution in [0.3, 0.4) is 0 Å². The van der Waals surface area contributed by atoms with Crippen molar-refractivity contribution in [1.29, 1.82) is 0 Å². The lowest BCUT2D eigenvalue weighted by molar-refractivity contribution is 1.61. The van der Waals surface area contributed by atoms with E-state index in [1.54, 1.807) is 0 Å². The number of hydrogen-bond donors (Lipinski definition) is 0. The highest BCUT2D eigenvalue weighted by Gasteiger charge is 2.05. The van der Waals surface area contributed by atoms with Crippen LogP contribution < -0.4 is 0 Å². The molecule has 0 saturated heterocycles. The van der Waals surface area contributed by atoms with Crippen LogP contribution in [-0.2, 0) is 0 Å². The van der Waals surface area contributed by atoms with Crippen molar-refractivity contribution in [3.63, 3.8) is 0 Å². The molecule has 0 saturated carbocycles. The summed E-state index contributed by atoms with van der Waals surface area (Å²) in [5, 5.41) is 5.11. The first-order chi connectivity index (χ1) is 14.9. The summed E-state index contributed by atoms with van der Waals surface area (Å²) in [4.78, 5) is 0.